The number of fused-ring (bicyclic) bond motifs is 1. The molecule has 0 spiro atoms. The molecule has 59 heavy (non-hydrogen) atoms. The first-order chi connectivity index (χ1) is 28.6. The van der Waals surface area contributed by atoms with Crippen LogP contribution in [0.1, 0.15) is 82.8 Å². The number of rotatable bonds is 10. The molecule has 310 valence electrons. The minimum absolute atomic E-state index is 0.0280. The van der Waals surface area contributed by atoms with Gasteiger partial charge in [-0.15, -0.1) is 0 Å². The number of likely N-dealkylation sites (N-methyl/N-ethyl adjacent to an activating group) is 1. The highest BCUT2D eigenvalue weighted by Crippen LogP contribution is 2.38. The van der Waals surface area contributed by atoms with Crippen LogP contribution in [-0.2, 0) is 16.0 Å². The van der Waals surface area contributed by atoms with Gasteiger partial charge in [0, 0.05) is 88.1 Å². The lowest BCUT2D eigenvalue weighted by atomic mass is 9.83. The summed E-state index contributed by atoms with van der Waals surface area (Å²) in [4.78, 5) is 82.6. The number of Topliss-reactive ketones (excluding diaryl/α,β-unsaturated/α-hetero) is 1. The lowest BCUT2D eigenvalue weighted by Crippen LogP contribution is -2.49. The van der Waals surface area contributed by atoms with E-state index in [2.05, 4.69) is 54.6 Å². The molecule has 5 saturated heterocycles. The molecule has 0 saturated carbocycles. The summed E-state index contributed by atoms with van der Waals surface area (Å²) in [6.07, 6.45) is 8.07. The molecule has 5 fully saturated rings. The maximum absolute atomic E-state index is 13.2. The molecule has 1 aliphatic carbocycles. The first-order valence-electron chi connectivity index (χ1n) is 21.4. The number of nitrogens with two attached hydrogens (primary N) is 1. The molecule has 5 amide bonds. The van der Waals surface area contributed by atoms with Crippen LogP contribution in [-0.4, -0.2) is 126 Å². The molecule has 15 nitrogen and oxygen atoms in total. The monoisotopic (exact) mass is 802 g/mol. The standard InChI is InChI=1S/C44H54N10O5/c1-50-19-20-54(44(50)59)33-3-2-15-53(26-33)37-23-46-39(41(45)57)42(48-37)47-31-6-4-28(5-7-31)29-13-16-51(17-14-29)24-27-12-18-52(25-27)32-8-9-34-30(21-32)22-36(40(34)56)35-10-11-38(55)49-43(35)58/h4-9,21,23,27,29,33,35-36H,2-3,10-20,22,24-26H2,1H3,(H2,45,57)(H,47,48)(H,49,55,58)/t27-,33?,35?,36?/m1/s1. The topological polar surface area (TPSA) is 177 Å². The van der Waals surface area contributed by atoms with Gasteiger partial charge < -0.3 is 35.6 Å². The van der Waals surface area contributed by atoms with Crippen molar-refractivity contribution in [3.63, 3.8) is 0 Å². The fourth-order valence-electron chi connectivity index (χ4n) is 10.4. The van der Waals surface area contributed by atoms with Gasteiger partial charge in [0.15, 0.2) is 17.3 Å². The Morgan fingerprint density at radius 3 is 2.44 bits per heavy atom. The van der Waals surface area contributed by atoms with Gasteiger partial charge in [-0.05, 0) is 111 Å². The van der Waals surface area contributed by atoms with Gasteiger partial charge in [-0.1, -0.05) is 12.1 Å². The number of benzene rings is 2. The highest BCUT2D eigenvalue weighted by Gasteiger charge is 2.42. The van der Waals surface area contributed by atoms with Gasteiger partial charge in [-0.3, -0.25) is 24.5 Å². The molecule has 6 aliphatic rings. The second-order valence-corrected chi connectivity index (χ2v) is 17.4. The number of likely N-dealkylation sites (tertiary alicyclic amines) is 1. The Morgan fingerprint density at radius 2 is 1.69 bits per heavy atom. The second-order valence-electron chi connectivity index (χ2n) is 17.4. The number of carbonyl (C=O) groups is 5. The van der Waals surface area contributed by atoms with Crippen LogP contribution in [0.25, 0.3) is 0 Å². The maximum Gasteiger partial charge on any atom is 0.320 e. The van der Waals surface area contributed by atoms with Crippen molar-refractivity contribution >= 4 is 52.5 Å². The summed E-state index contributed by atoms with van der Waals surface area (Å²) in [6, 6.07) is 14.7. The predicted molar refractivity (Wildman–Crippen MR) is 223 cm³/mol. The largest absolute Gasteiger partial charge is 0.371 e. The summed E-state index contributed by atoms with van der Waals surface area (Å²) >= 11 is 0. The van der Waals surface area contributed by atoms with Crippen molar-refractivity contribution in [3.8, 4) is 0 Å². The Balaban J connectivity index is 0.764. The van der Waals surface area contributed by atoms with E-state index in [1.165, 1.54) is 5.56 Å². The number of ketones is 1. The average Bonchev–Trinajstić information content (AvgIpc) is 3.94. The van der Waals surface area contributed by atoms with Crippen molar-refractivity contribution in [2.24, 2.45) is 23.5 Å². The third kappa shape index (κ3) is 7.96. The maximum atomic E-state index is 13.2. The number of imide groups is 1. The van der Waals surface area contributed by atoms with Crippen molar-refractivity contribution < 1.29 is 24.0 Å². The predicted octanol–water partition coefficient (Wildman–Crippen LogP) is 3.77. The number of piperidine rings is 3. The van der Waals surface area contributed by atoms with Crippen LogP contribution in [0.2, 0.25) is 0 Å². The molecule has 15 heteroatoms. The fraction of sp³-hybridized carbons (Fsp3) is 0.523. The van der Waals surface area contributed by atoms with Gasteiger partial charge in [0.25, 0.3) is 5.91 Å². The first-order valence-corrected chi connectivity index (χ1v) is 21.4. The number of nitrogens with one attached hydrogen (secondary N) is 2. The molecule has 0 radical (unpaired) electrons. The van der Waals surface area contributed by atoms with E-state index in [4.69, 9.17) is 10.7 Å². The summed E-state index contributed by atoms with van der Waals surface area (Å²) in [5.74, 6) is 0.00914. The molecular formula is C44H54N10O5. The van der Waals surface area contributed by atoms with Crippen LogP contribution in [0.3, 0.4) is 0 Å². The zero-order valence-electron chi connectivity index (χ0n) is 33.8. The SMILES string of the molecule is CN1CCN(C2CCCN(c3cnc(C(N)=O)c(Nc4ccc(C5CCN(C[C@H]6CCN(c7ccc8c(c7)CC(C7CCC(=O)NC7=O)C8=O)C6)CC5)cc4)n3)C2)C1=O. The Kier molecular flexibility index (Phi) is 10.7. The van der Waals surface area contributed by atoms with Gasteiger partial charge in [0.1, 0.15) is 5.82 Å². The lowest BCUT2D eigenvalue weighted by molar-refractivity contribution is -0.137. The quantitative estimate of drug-likeness (QED) is 0.255. The summed E-state index contributed by atoms with van der Waals surface area (Å²) < 4.78 is 0. The van der Waals surface area contributed by atoms with E-state index in [1.807, 2.05) is 30.1 Å². The first kappa shape index (κ1) is 38.9. The number of nitrogens with zero attached hydrogens (tertiary/aromatic N) is 7. The van der Waals surface area contributed by atoms with Crippen LogP contribution >= 0.6 is 0 Å². The average molecular weight is 803 g/mol. The highest BCUT2D eigenvalue weighted by molar-refractivity contribution is 6.07. The van der Waals surface area contributed by atoms with Gasteiger partial charge in [0.2, 0.25) is 11.8 Å². The zero-order valence-corrected chi connectivity index (χ0v) is 33.8. The molecule has 4 N–H and O–H groups in total. The molecule has 1 aromatic heterocycles. The number of aromatic nitrogens is 2. The number of primary amides is 1. The summed E-state index contributed by atoms with van der Waals surface area (Å²) in [5.41, 5.74) is 10.8. The van der Waals surface area contributed by atoms with Crippen molar-refractivity contribution in [3.05, 3.63) is 71.0 Å². The van der Waals surface area contributed by atoms with Gasteiger partial charge in [-0.25, -0.2) is 14.8 Å². The van der Waals surface area contributed by atoms with E-state index >= 15 is 0 Å². The van der Waals surface area contributed by atoms with Crippen molar-refractivity contribution in [1.82, 2.24) is 30.0 Å². The van der Waals surface area contributed by atoms with Crippen LogP contribution in [0.4, 0.5) is 27.8 Å². The second kappa shape index (κ2) is 16.2. The number of urea groups is 1. The van der Waals surface area contributed by atoms with Crippen molar-refractivity contribution in [2.45, 2.75) is 63.3 Å². The van der Waals surface area contributed by atoms with Gasteiger partial charge in [0.05, 0.1) is 12.2 Å². The third-order valence-corrected chi connectivity index (χ3v) is 13.7. The molecule has 3 aromatic rings. The molecule has 9 rings (SSSR count). The minimum Gasteiger partial charge on any atom is -0.371 e. The number of amides is 5. The third-order valence-electron chi connectivity index (χ3n) is 13.7. The van der Waals surface area contributed by atoms with E-state index in [0.717, 1.165) is 107 Å². The Hall–Kier alpha value is -5.57. The van der Waals surface area contributed by atoms with Crippen molar-refractivity contribution in [1.29, 1.82) is 0 Å². The summed E-state index contributed by atoms with van der Waals surface area (Å²) in [7, 11) is 1.84. The van der Waals surface area contributed by atoms with Gasteiger partial charge >= 0.3 is 6.03 Å². The summed E-state index contributed by atoms with van der Waals surface area (Å²) in [5, 5.41) is 5.73. The van der Waals surface area contributed by atoms with E-state index in [-0.39, 0.29) is 41.3 Å². The van der Waals surface area contributed by atoms with Gasteiger partial charge in [-0.2, -0.15) is 0 Å². The number of carbonyl (C=O) groups excluding carboxylic acids is 5. The number of anilines is 4. The molecule has 2 aromatic carbocycles. The van der Waals surface area contributed by atoms with E-state index in [0.29, 0.717) is 49.3 Å². The zero-order chi connectivity index (χ0) is 40.8. The lowest BCUT2D eigenvalue weighted by Gasteiger charge is -2.37. The summed E-state index contributed by atoms with van der Waals surface area (Å²) in [6.45, 7) is 8.05. The number of hydrogen-bond donors (Lipinski definition) is 3. The van der Waals surface area contributed by atoms with E-state index in [9.17, 15) is 24.0 Å². The molecular weight excluding hydrogens is 749 g/mol. The fourth-order valence-corrected chi connectivity index (χ4v) is 10.4. The minimum atomic E-state index is -0.648. The number of hydrogen-bond acceptors (Lipinski definition) is 11. The van der Waals surface area contributed by atoms with E-state index < -0.39 is 11.8 Å². The molecule has 0 bridgehead atoms. The highest BCUT2D eigenvalue weighted by atomic mass is 16.2. The Labute approximate surface area is 344 Å². The molecule has 4 atom stereocenters. The molecule has 5 aliphatic heterocycles. The smallest absolute Gasteiger partial charge is 0.320 e. The molecule has 6 heterocycles. The van der Waals surface area contributed by atoms with Crippen LogP contribution < -0.4 is 26.2 Å². The Bertz CT molecular complexity index is 2140. The van der Waals surface area contributed by atoms with E-state index in [1.54, 1.807) is 11.1 Å². The van der Waals surface area contributed by atoms with Crippen LogP contribution in [0.15, 0.2) is 48.7 Å². The molecule has 3 unspecified atom stereocenters. The van der Waals surface area contributed by atoms with Crippen LogP contribution in [0.5, 0.6) is 0 Å². The van der Waals surface area contributed by atoms with Crippen molar-refractivity contribution in [2.75, 3.05) is 81.1 Å². The normalized spacial score (nSPS) is 25.5. The Morgan fingerprint density at radius 1 is 0.881 bits per heavy atom. The van der Waals surface area contributed by atoms with Crippen LogP contribution in [0, 0.1) is 17.8 Å².